The van der Waals surface area contributed by atoms with Crippen molar-refractivity contribution in [1.82, 2.24) is 20.5 Å². The van der Waals surface area contributed by atoms with E-state index >= 15 is 0 Å². The highest BCUT2D eigenvalue weighted by atomic mass is 16.5. The molecule has 6 heteroatoms. The number of nitrogens with one attached hydrogen (secondary N) is 2. The van der Waals surface area contributed by atoms with Gasteiger partial charge in [-0.15, -0.1) is 10.2 Å². The molecule has 6 nitrogen and oxygen atoms in total. The van der Waals surface area contributed by atoms with E-state index in [1.54, 1.807) is 0 Å². The number of hydrogen-bond donors (Lipinski definition) is 2. The summed E-state index contributed by atoms with van der Waals surface area (Å²) in [5.74, 6) is 0.579. The zero-order valence-electron chi connectivity index (χ0n) is 12.1. The molecule has 3 rings (SSSR count). The quantitative estimate of drug-likeness (QED) is 0.786. The van der Waals surface area contributed by atoms with Gasteiger partial charge < -0.3 is 15.4 Å². The van der Waals surface area contributed by atoms with Crippen molar-refractivity contribution in [3.8, 4) is 0 Å². The zero-order chi connectivity index (χ0) is 14.3. The first-order valence-corrected chi connectivity index (χ1v) is 7.57. The van der Waals surface area contributed by atoms with Crippen molar-refractivity contribution in [3.05, 3.63) is 24.3 Å². The molecule has 112 valence electrons. The summed E-state index contributed by atoms with van der Waals surface area (Å²) >= 11 is 0. The van der Waals surface area contributed by atoms with Crippen molar-refractivity contribution in [2.24, 2.45) is 0 Å². The van der Waals surface area contributed by atoms with E-state index in [9.17, 15) is 0 Å². The summed E-state index contributed by atoms with van der Waals surface area (Å²) in [7, 11) is 0. The Labute approximate surface area is 124 Å². The summed E-state index contributed by atoms with van der Waals surface area (Å²) in [6.07, 6.45) is 3.60. The molecule has 2 N–H and O–H groups in total. The van der Waals surface area contributed by atoms with Crippen LogP contribution in [0.5, 0.6) is 0 Å². The maximum Gasteiger partial charge on any atom is 0.243 e. The van der Waals surface area contributed by atoms with Gasteiger partial charge in [-0.2, -0.15) is 0 Å². The largest absolute Gasteiger partial charge is 0.378 e. The lowest BCUT2D eigenvalue weighted by Gasteiger charge is -2.22. The molecule has 2 heterocycles. The number of ether oxygens (including phenoxy) is 1. The Morgan fingerprint density at radius 3 is 2.81 bits per heavy atom. The second-order valence-electron chi connectivity index (χ2n) is 5.22. The topological polar surface area (TPSA) is 72.0 Å². The first-order valence-electron chi connectivity index (χ1n) is 7.57. The maximum atomic E-state index is 5.85. The number of benzene rings is 1. The fourth-order valence-electron chi connectivity index (χ4n) is 2.44. The molecule has 0 bridgehead atoms. The van der Waals surface area contributed by atoms with E-state index in [4.69, 9.17) is 4.74 Å². The Morgan fingerprint density at radius 1 is 1.14 bits per heavy atom. The molecule has 1 aromatic carbocycles. The summed E-state index contributed by atoms with van der Waals surface area (Å²) < 4.78 is 5.85. The third-order valence-electron chi connectivity index (χ3n) is 3.60. The fourth-order valence-corrected chi connectivity index (χ4v) is 2.44. The van der Waals surface area contributed by atoms with Gasteiger partial charge in [0.2, 0.25) is 5.95 Å². The molecular weight excluding hydrogens is 266 g/mol. The predicted molar refractivity (Wildman–Crippen MR) is 82.3 cm³/mol. The Bertz CT molecular complexity index is 571. The molecule has 0 amide bonds. The van der Waals surface area contributed by atoms with Gasteiger partial charge in [0, 0.05) is 13.2 Å². The molecule has 0 spiro atoms. The summed E-state index contributed by atoms with van der Waals surface area (Å²) in [6.45, 7) is 3.71. The van der Waals surface area contributed by atoms with Crippen LogP contribution >= 0.6 is 0 Å². The van der Waals surface area contributed by atoms with E-state index in [0.717, 1.165) is 56.5 Å². The third-order valence-corrected chi connectivity index (χ3v) is 3.60. The van der Waals surface area contributed by atoms with E-state index in [2.05, 4.69) is 25.8 Å². The van der Waals surface area contributed by atoms with Crippen LogP contribution in [0.3, 0.4) is 0 Å². The van der Waals surface area contributed by atoms with Gasteiger partial charge in [-0.3, -0.25) is 0 Å². The molecule has 1 saturated heterocycles. The third kappa shape index (κ3) is 4.09. The lowest BCUT2D eigenvalue weighted by Crippen LogP contribution is -2.32. The van der Waals surface area contributed by atoms with Gasteiger partial charge in [0.15, 0.2) is 0 Å². The van der Waals surface area contributed by atoms with E-state index in [1.807, 2.05) is 24.3 Å². The standard InChI is InChI=1S/C15H21N5O/c1-2-5-14-13(4-1)18-15(20-19-14)17-8-3-11-21-12-6-9-16-10-7-12/h1-2,4-5,12,16H,3,6-11H2,(H,17,18,20). The van der Waals surface area contributed by atoms with Gasteiger partial charge in [0.1, 0.15) is 5.52 Å². The lowest BCUT2D eigenvalue weighted by atomic mass is 10.1. The number of fused-ring (bicyclic) bond motifs is 1. The van der Waals surface area contributed by atoms with Crippen LogP contribution < -0.4 is 10.6 Å². The number of hydrogen-bond acceptors (Lipinski definition) is 6. The molecule has 2 aromatic rings. The van der Waals surface area contributed by atoms with E-state index in [-0.39, 0.29) is 0 Å². The molecule has 0 saturated carbocycles. The molecule has 0 unspecified atom stereocenters. The first-order chi connectivity index (χ1) is 10.4. The number of rotatable bonds is 6. The van der Waals surface area contributed by atoms with Crippen molar-refractivity contribution < 1.29 is 4.74 Å². The van der Waals surface area contributed by atoms with E-state index in [1.165, 1.54) is 0 Å². The van der Waals surface area contributed by atoms with Crippen LogP contribution in [0.15, 0.2) is 24.3 Å². The average Bonchev–Trinajstić information content (AvgIpc) is 2.55. The number of nitrogens with zero attached hydrogens (tertiary/aromatic N) is 3. The summed E-state index contributed by atoms with van der Waals surface area (Å²) in [5.41, 5.74) is 1.68. The van der Waals surface area contributed by atoms with Crippen molar-refractivity contribution in [3.63, 3.8) is 0 Å². The number of para-hydroxylation sites is 1. The van der Waals surface area contributed by atoms with Crippen LogP contribution in [0.2, 0.25) is 0 Å². The highest BCUT2D eigenvalue weighted by Crippen LogP contribution is 2.09. The second-order valence-corrected chi connectivity index (χ2v) is 5.22. The van der Waals surface area contributed by atoms with Crippen molar-refractivity contribution in [2.45, 2.75) is 25.4 Å². The number of anilines is 1. The van der Waals surface area contributed by atoms with Crippen LogP contribution in [0.1, 0.15) is 19.3 Å². The molecule has 1 aromatic heterocycles. The Balaban J connectivity index is 1.39. The highest BCUT2D eigenvalue weighted by molar-refractivity contribution is 5.73. The number of aromatic nitrogens is 3. The van der Waals surface area contributed by atoms with Gasteiger partial charge in [0.25, 0.3) is 0 Å². The second kappa shape index (κ2) is 7.28. The Kier molecular flexibility index (Phi) is 4.91. The molecule has 1 aliphatic heterocycles. The maximum absolute atomic E-state index is 5.85. The molecule has 0 aliphatic carbocycles. The predicted octanol–water partition coefficient (Wildman–Crippen LogP) is 1.60. The van der Waals surface area contributed by atoms with Crippen LogP contribution in [-0.4, -0.2) is 47.5 Å². The minimum Gasteiger partial charge on any atom is -0.378 e. The minimum absolute atomic E-state index is 0.421. The molecule has 1 aliphatic rings. The first kappa shape index (κ1) is 14.2. The van der Waals surface area contributed by atoms with Gasteiger partial charge in [-0.25, -0.2) is 4.98 Å². The normalized spacial score (nSPS) is 16.2. The monoisotopic (exact) mass is 287 g/mol. The van der Waals surface area contributed by atoms with Crippen molar-refractivity contribution in [2.75, 3.05) is 31.6 Å². The van der Waals surface area contributed by atoms with Gasteiger partial charge in [-0.05, 0) is 44.5 Å². The Morgan fingerprint density at radius 2 is 1.95 bits per heavy atom. The Hall–Kier alpha value is -1.79. The minimum atomic E-state index is 0.421. The molecule has 0 radical (unpaired) electrons. The van der Waals surface area contributed by atoms with Crippen LogP contribution in [0.25, 0.3) is 11.0 Å². The zero-order valence-corrected chi connectivity index (χ0v) is 12.1. The number of piperidine rings is 1. The summed E-state index contributed by atoms with van der Waals surface area (Å²) in [4.78, 5) is 4.43. The SMILES string of the molecule is c1ccc2nc(NCCCOC3CCNCC3)nnc2c1. The van der Waals surface area contributed by atoms with Crippen molar-refractivity contribution >= 4 is 17.0 Å². The van der Waals surface area contributed by atoms with Crippen LogP contribution in [-0.2, 0) is 4.74 Å². The molecular formula is C15H21N5O. The van der Waals surface area contributed by atoms with Crippen LogP contribution in [0, 0.1) is 0 Å². The summed E-state index contributed by atoms with van der Waals surface area (Å²) in [5, 5.41) is 14.7. The van der Waals surface area contributed by atoms with E-state index in [0.29, 0.717) is 12.1 Å². The molecule has 0 atom stereocenters. The van der Waals surface area contributed by atoms with E-state index < -0.39 is 0 Å². The molecule has 21 heavy (non-hydrogen) atoms. The lowest BCUT2D eigenvalue weighted by molar-refractivity contribution is 0.0329. The highest BCUT2D eigenvalue weighted by Gasteiger charge is 2.12. The van der Waals surface area contributed by atoms with Crippen molar-refractivity contribution in [1.29, 1.82) is 0 Å². The summed E-state index contributed by atoms with van der Waals surface area (Å²) in [6, 6.07) is 7.74. The van der Waals surface area contributed by atoms with Gasteiger partial charge >= 0.3 is 0 Å². The van der Waals surface area contributed by atoms with Crippen LogP contribution in [0.4, 0.5) is 5.95 Å². The van der Waals surface area contributed by atoms with Gasteiger partial charge in [-0.1, -0.05) is 12.1 Å². The molecule has 1 fully saturated rings. The average molecular weight is 287 g/mol. The van der Waals surface area contributed by atoms with Gasteiger partial charge in [0.05, 0.1) is 11.6 Å². The fraction of sp³-hybridized carbons (Fsp3) is 0.533. The smallest absolute Gasteiger partial charge is 0.243 e.